The summed E-state index contributed by atoms with van der Waals surface area (Å²) in [6, 6.07) is 14.5. The molecule has 2 aromatic carbocycles. The van der Waals surface area contributed by atoms with E-state index in [2.05, 4.69) is 11.1 Å². The number of carbonyl (C=O) groups excluding carboxylic acids is 1. The van der Waals surface area contributed by atoms with Gasteiger partial charge in [-0.15, -0.1) is 0 Å². The van der Waals surface area contributed by atoms with Crippen LogP contribution in [0.15, 0.2) is 48.7 Å². The molecule has 0 aliphatic heterocycles. The van der Waals surface area contributed by atoms with E-state index < -0.39 is 6.03 Å². The Morgan fingerprint density at radius 2 is 1.94 bits per heavy atom. The van der Waals surface area contributed by atoms with Gasteiger partial charge in [0.1, 0.15) is 18.4 Å². The predicted molar refractivity (Wildman–Crippen MR) is 119 cm³/mol. The van der Waals surface area contributed by atoms with Gasteiger partial charge < -0.3 is 4.74 Å². The van der Waals surface area contributed by atoms with Crippen molar-refractivity contribution in [2.75, 3.05) is 5.01 Å². The number of amides is 2. The number of hydrogen-bond acceptors (Lipinski definition) is 6. The highest BCUT2D eigenvalue weighted by atomic mass is 16.5. The fourth-order valence-corrected chi connectivity index (χ4v) is 3.27. The van der Waals surface area contributed by atoms with Gasteiger partial charge in [-0.3, -0.25) is 10.4 Å². The number of nitrogens with zero attached hydrogens (tertiary/aromatic N) is 3. The van der Waals surface area contributed by atoms with E-state index in [4.69, 9.17) is 21.7 Å². The standard InChI is InChI=1S/C23H24N6O2/c1-14-5-4-6-21(29(26)23(30)28-25)19(14)13-31-22-10-15(2)18(9-16(22)3)20-8-7-17(11-24)12-27-20/h4-10,12H,13,25-26H2,1-3H3,(H,28,30). The predicted octanol–water partition coefficient (Wildman–Crippen LogP) is 3.39. The lowest BCUT2D eigenvalue weighted by atomic mass is 10.0. The van der Waals surface area contributed by atoms with Crippen molar-refractivity contribution in [1.82, 2.24) is 10.4 Å². The Labute approximate surface area is 181 Å². The number of carbonyl (C=O) groups is 1. The second-order valence-electron chi connectivity index (χ2n) is 7.16. The normalized spacial score (nSPS) is 10.3. The minimum absolute atomic E-state index is 0.225. The second kappa shape index (κ2) is 9.26. The monoisotopic (exact) mass is 416 g/mol. The average molecular weight is 416 g/mol. The summed E-state index contributed by atoms with van der Waals surface area (Å²) in [5, 5.41) is 9.92. The van der Waals surface area contributed by atoms with Crippen molar-refractivity contribution in [3.8, 4) is 23.1 Å². The smallest absolute Gasteiger partial charge is 0.350 e. The van der Waals surface area contributed by atoms with Crippen LogP contribution in [0.1, 0.15) is 27.8 Å². The summed E-state index contributed by atoms with van der Waals surface area (Å²) in [4.78, 5) is 16.2. The van der Waals surface area contributed by atoms with Crippen LogP contribution in [-0.2, 0) is 6.61 Å². The quantitative estimate of drug-likeness (QED) is 0.332. The third-order valence-corrected chi connectivity index (χ3v) is 5.05. The summed E-state index contributed by atoms with van der Waals surface area (Å²) in [6.07, 6.45) is 1.56. The number of benzene rings is 2. The molecule has 5 N–H and O–H groups in total. The molecule has 2 amide bonds. The largest absolute Gasteiger partial charge is 0.489 e. The van der Waals surface area contributed by atoms with E-state index in [1.54, 1.807) is 18.3 Å². The number of nitrogens with one attached hydrogen (secondary N) is 1. The lowest BCUT2D eigenvalue weighted by molar-refractivity contribution is 0.246. The minimum atomic E-state index is -0.627. The zero-order valence-corrected chi connectivity index (χ0v) is 17.6. The molecule has 3 rings (SSSR count). The molecule has 0 saturated heterocycles. The van der Waals surface area contributed by atoms with Crippen molar-refractivity contribution in [3.63, 3.8) is 0 Å². The van der Waals surface area contributed by atoms with Crippen molar-refractivity contribution >= 4 is 11.7 Å². The number of urea groups is 1. The third kappa shape index (κ3) is 4.64. The van der Waals surface area contributed by atoms with E-state index in [9.17, 15) is 4.79 Å². The molecule has 0 atom stereocenters. The van der Waals surface area contributed by atoms with Crippen LogP contribution in [0.2, 0.25) is 0 Å². The number of aromatic nitrogens is 1. The molecule has 0 unspecified atom stereocenters. The first-order chi connectivity index (χ1) is 14.8. The summed E-state index contributed by atoms with van der Waals surface area (Å²) < 4.78 is 6.11. The SMILES string of the molecule is Cc1cc(-c2ccc(C#N)cn2)c(C)cc1OCc1c(C)cccc1N(N)C(=O)NN. The van der Waals surface area contributed by atoms with Gasteiger partial charge in [0.15, 0.2) is 0 Å². The Balaban J connectivity index is 1.87. The number of ether oxygens (including phenoxy) is 1. The maximum atomic E-state index is 11.9. The topological polar surface area (TPSA) is 130 Å². The van der Waals surface area contributed by atoms with Crippen molar-refractivity contribution in [2.45, 2.75) is 27.4 Å². The van der Waals surface area contributed by atoms with Gasteiger partial charge in [-0.1, -0.05) is 12.1 Å². The van der Waals surface area contributed by atoms with Crippen molar-refractivity contribution in [1.29, 1.82) is 5.26 Å². The van der Waals surface area contributed by atoms with Gasteiger partial charge in [-0.2, -0.15) is 5.26 Å². The van der Waals surface area contributed by atoms with Gasteiger partial charge in [0.2, 0.25) is 0 Å². The molecular weight excluding hydrogens is 392 g/mol. The number of rotatable bonds is 5. The number of aryl methyl sites for hydroxylation is 3. The zero-order chi connectivity index (χ0) is 22.5. The summed E-state index contributed by atoms with van der Waals surface area (Å²) in [7, 11) is 0. The van der Waals surface area contributed by atoms with E-state index in [-0.39, 0.29) is 6.61 Å². The van der Waals surface area contributed by atoms with E-state index in [1.807, 2.05) is 56.5 Å². The molecule has 0 aliphatic carbocycles. The Kier molecular flexibility index (Phi) is 6.50. The summed E-state index contributed by atoms with van der Waals surface area (Å²) in [6.45, 7) is 6.09. The zero-order valence-electron chi connectivity index (χ0n) is 17.6. The van der Waals surface area contributed by atoms with Crippen LogP contribution >= 0.6 is 0 Å². The third-order valence-electron chi connectivity index (χ3n) is 5.05. The molecule has 158 valence electrons. The lowest BCUT2D eigenvalue weighted by Gasteiger charge is -2.21. The maximum absolute atomic E-state index is 11.9. The van der Waals surface area contributed by atoms with Crippen LogP contribution in [0.5, 0.6) is 5.75 Å². The fourth-order valence-electron chi connectivity index (χ4n) is 3.27. The number of hydrogen-bond donors (Lipinski definition) is 3. The number of nitrogens with two attached hydrogens (primary N) is 2. The van der Waals surface area contributed by atoms with Crippen molar-refractivity contribution in [3.05, 3.63) is 76.5 Å². The molecule has 3 aromatic rings. The van der Waals surface area contributed by atoms with Gasteiger partial charge >= 0.3 is 6.03 Å². The Hall–Kier alpha value is -3.93. The molecule has 0 spiro atoms. The van der Waals surface area contributed by atoms with Gasteiger partial charge in [-0.05, 0) is 67.8 Å². The van der Waals surface area contributed by atoms with Gasteiger partial charge in [-0.25, -0.2) is 21.5 Å². The molecular formula is C23H24N6O2. The minimum Gasteiger partial charge on any atom is -0.489 e. The molecule has 31 heavy (non-hydrogen) atoms. The Morgan fingerprint density at radius 3 is 2.58 bits per heavy atom. The average Bonchev–Trinajstić information content (AvgIpc) is 2.79. The lowest BCUT2D eigenvalue weighted by Crippen LogP contribution is -2.48. The number of anilines is 1. The van der Waals surface area contributed by atoms with Crippen molar-refractivity contribution < 1.29 is 9.53 Å². The van der Waals surface area contributed by atoms with Gasteiger partial charge in [0.05, 0.1) is 16.9 Å². The van der Waals surface area contributed by atoms with Crippen molar-refractivity contribution in [2.24, 2.45) is 11.7 Å². The van der Waals surface area contributed by atoms with E-state index in [0.717, 1.165) is 44.3 Å². The first kappa shape index (κ1) is 21.8. The Bertz CT molecular complexity index is 1150. The summed E-state index contributed by atoms with van der Waals surface area (Å²) in [5.74, 6) is 11.8. The molecule has 0 fully saturated rings. The molecule has 8 heteroatoms. The van der Waals surface area contributed by atoms with Crippen LogP contribution < -0.4 is 26.9 Å². The Morgan fingerprint density at radius 1 is 1.16 bits per heavy atom. The molecule has 0 bridgehead atoms. The maximum Gasteiger partial charge on any atom is 0.350 e. The molecule has 0 saturated carbocycles. The highest BCUT2D eigenvalue weighted by Gasteiger charge is 2.17. The second-order valence-corrected chi connectivity index (χ2v) is 7.16. The fraction of sp³-hybridized carbons (Fsp3) is 0.174. The molecule has 8 nitrogen and oxygen atoms in total. The highest BCUT2D eigenvalue weighted by molar-refractivity contribution is 5.91. The number of nitriles is 1. The van der Waals surface area contributed by atoms with Crippen LogP contribution in [0, 0.1) is 32.1 Å². The van der Waals surface area contributed by atoms with E-state index in [0.29, 0.717) is 11.3 Å². The van der Waals surface area contributed by atoms with E-state index in [1.165, 1.54) is 0 Å². The summed E-state index contributed by atoms with van der Waals surface area (Å²) in [5.41, 5.74) is 8.46. The molecule has 1 heterocycles. The first-order valence-electron chi connectivity index (χ1n) is 9.60. The molecule has 0 radical (unpaired) electrons. The van der Waals surface area contributed by atoms with Crippen LogP contribution in [0.4, 0.5) is 10.5 Å². The van der Waals surface area contributed by atoms with Crippen LogP contribution in [-0.4, -0.2) is 11.0 Å². The van der Waals surface area contributed by atoms with Gasteiger partial charge in [0.25, 0.3) is 0 Å². The first-order valence-corrected chi connectivity index (χ1v) is 9.60. The molecule has 0 aliphatic rings. The van der Waals surface area contributed by atoms with E-state index >= 15 is 0 Å². The van der Waals surface area contributed by atoms with Gasteiger partial charge in [0, 0.05) is 17.3 Å². The van der Waals surface area contributed by atoms with Crippen LogP contribution in [0.25, 0.3) is 11.3 Å². The number of hydrazine groups is 2. The summed E-state index contributed by atoms with van der Waals surface area (Å²) >= 11 is 0. The highest BCUT2D eigenvalue weighted by Crippen LogP contribution is 2.31. The number of pyridine rings is 1. The van der Waals surface area contributed by atoms with Crippen LogP contribution in [0.3, 0.4) is 0 Å². The molecule has 1 aromatic heterocycles.